The Kier molecular flexibility index (Phi) is 2.60. The Bertz CT molecular complexity index is 350. The number of fused-ring (bicyclic) bond motifs is 1. The molecule has 2 aliphatic rings. The Morgan fingerprint density at radius 3 is 2.75 bits per heavy atom. The van der Waals surface area contributed by atoms with Crippen LogP contribution in [0.3, 0.4) is 0 Å². The Morgan fingerprint density at radius 1 is 1.44 bits per heavy atom. The van der Waals surface area contributed by atoms with Crippen LogP contribution < -0.4 is 0 Å². The van der Waals surface area contributed by atoms with Gasteiger partial charge < -0.3 is 0 Å². The van der Waals surface area contributed by atoms with Crippen LogP contribution in [0.1, 0.15) is 46.0 Å². The lowest BCUT2D eigenvalue weighted by Gasteiger charge is -2.44. The van der Waals surface area contributed by atoms with Gasteiger partial charge in [-0.2, -0.15) is 0 Å². The molecule has 1 heteroatoms. The Morgan fingerprint density at radius 2 is 2.12 bits per heavy atom. The first-order valence-corrected chi connectivity index (χ1v) is 6.20. The van der Waals surface area contributed by atoms with Crippen molar-refractivity contribution in [2.45, 2.75) is 46.0 Å². The van der Waals surface area contributed by atoms with E-state index in [1.165, 1.54) is 5.57 Å². The molecule has 2 rings (SSSR count). The molecule has 88 valence electrons. The van der Waals surface area contributed by atoms with Crippen molar-refractivity contribution in [3.8, 4) is 0 Å². The van der Waals surface area contributed by atoms with Gasteiger partial charge in [0.1, 0.15) is 5.78 Å². The van der Waals surface area contributed by atoms with Crippen LogP contribution in [-0.4, -0.2) is 5.78 Å². The number of Topliss-reactive ketones (excluding diaryl/α,β-unsaturated/α-hetero) is 1. The van der Waals surface area contributed by atoms with E-state index in [0.717, 1.165) is 32.1 Å². The summed E-state index contributed by atoms with van der Waals surface area (Å²) in [7, 11) is 0. The molecule has 0 aromatic heterocycles. The van der Waals surface area contributed by atoms with Gasteiger partial charge in [0.05, 0.1) is 0 Å². The first-order chi connectivity index (χ1) is 7.39. The number of allylic oxidation sites excluding steroid dienone is 2. The van der Waals surface area contributed by atoms with E-state index in [4.69, 9.17) is 0 Å². The van der Waals surface area contributed by atoms with Gasteiger partial charge in [-0.15, -0.1) is 6.58 Å². The third-order valence-electron chi connectivity index (χ3n) is 4.38. The van der Waals surface area contributed by atoms with Crippen LogP contribution in [-0.2, 0) is 4.79 Å². The van der Waals surface area contributed by atoms with Crippen molar-refractivity contribution in [1.82, 2.24) is 0 Å². The molecule has 0 N–H and O–H groups in total. The third-order valence-corrected chi connectivity index (χ3v) is 4.38. The van der Waals surface area contributed by atoms with Crippen molar-refractivity contribution in [3.05, 3.63) is 24.8 Å². The topological polar surface area (TPSA) is 17.1 Å². The molecule has 0 unspecified atom stereocenters. The summed E-state index contributed by atoms with van der Waals surface area (Å²) in [6.07, 6.45) is 6.59. The van der Waals surface area contributed by atoms with Crippen LogP contribution in [0.5, 0.6) is 0 Å². The van der Waals surface area contributed by atoms with E-state index in [-0.39, 0.29) is 10.8 Å². The molecule has 0 radical (unpaired) electrons. The summed E-state index contributed by atoms with van der Waals surface area (Å²) in [5.41, 5.74) is 1.31. The summed E-state index contributed by atoms with van der Waals surface area (Å²) in [6.45, 7) is 12.3. The second-order valence-electron chi connectivity index (χ2n) is 6.45. The number of carbonyl (C=O) groups excluding carboxylic acids is 1. The number of hydrogen-bond donors (Lipinski definition) is 0. The Balaban J connectivity index is 2.35. The van der Waals surface area contributed by atoms with Crippen molar-refractivity contribution in [2.24, 2.45) is 16.7 Å². The van der Waals surface area contributed by atoms with Gasteiger partial charge >= 0.3 is 0 Å². The number of hydrogen-bond acceptors (Lipinski definition) is 1. The van der Waals surface area contributed by atoms with Crippen LogP contribution in [0.2, 0.25) is 0 Å². The maximum atomic E-state index is 12.5. The molecule has 1 nitrogen and oxygen atoms in total. The van der Waals surface area contributed by atoms with Gasteiger partial charge in [-0.25, -0.2) is 0 Å². The lowest BCUT2D eigenvalue weighted by Crippen LogP contribution is -2.43. The van der Waals surface area contributed by atoms with E-state index in [1.54, 1.807) is 0 Å². The van der Waals surface area contributed by atoms with Crippen LogP contribution >= 0.6 is 0 Å². The lowest BCUT2D eigenvalue weighted by atomic mass is 9.58. The summed E-state index contributed by atoms with van der Waals surface area (Å²) in [6, 6.07) is 0. The minimum absolute atomic E-state index is 0.131. The van der Waals surface area contributed by atoms with Gasteiger partial charge in [-0.1, -0.05) is 32.1 Å². The molecule has 2 atom stereocenters. The second-order valence-corrected chi connectivity index (χ2v) is 6.45. The average Bonchev–Trinajstić information content (AvgIpc) is 2.41. The number of ketones is 1. The van der Waals surface area contributed by atoms with E-state index in [0.29, 0.717) is 11.7 Å². The third kappa shape index (κ3) is 1.66. The molecule has 0 spiro atoms. The predicted octanol–water partition coefficient (Wildman–Crippen LogP) is 3.90. The van der Waals surface area contributed by atoms with E-state index >= 15 is 0 Å². The fourth-order valence-electron chi connectivity index (χ4n) is 3.76. The lowest BCUT2D eigenvalue weighted by molar-refractivity contribution is -0.138. The monoisotopic (exact) mass is 218 g/mol. The normalized spacial score (nSPS) is 37.2. The van der Waals surface area contributed by atoms with Crippen molar-refractivity contribution in [1.29, 1.82) is 0 Å². The molecule has 0 saturated heterocycles. The summed E-state index contributed by atoms with van der Waals surface area (Å²) >= 11 is 0. The molecule has 0 heterocycles. The minimum atomic E-state index is -0.131. The Labute approximate surface area is 98.6 Å². The maximum absolute atomic E-state index is 12.5. The molecular weight excluding hydrogens is 196 g/mol. The van der Waals surface area contributed by atoms with Gasteiger partial charge in [0.15, 0.2) is 0 Å². The van der Waals surface area contributed by atoms with Gasteiger partial charge in [0.2, 0.25) is 0 Å². The molecule has 16 heavy (non-hydrogen) atoms. The van der Waals surface area contributed by atoms with Crippen molar-refractivity contribution >= 4 is 5.78 Å². The molecule has 0 bridgehead atoms. The SMILES string of the molecule is C=CC[C@]12CC(=C)C[C@H]1CC(C)(C)CC2=O. The summed E-state index contributed by atoms with van der Waals surface area (Å²) in [5.74, 6) is 0.960. The summed E-state index contributed by atoms with van der Waals surface area (Å²) in [4.78, 5) is 12.5. The highest BCUT2D eigenvalue weighted by Crippen LogP contribution is 2.58. The van der Waals surface area contributed by atoms with E-state index in [1.807, 2.05) is 6.08 Å². The predicted molar refractivity (Wildman–Crippen MR) is 67.1 cm³/mol. The van der Waals surface area contributed by atoms with Crippen LogP contribution in [0.25, 0.3) is 0 Å². The van der Waals surface area contributed by atoms with Gasteiger partial charge in [-0.3, -0.25) is 4.79 Å². The Hall–Kier alpha value is -0.850. The smallest absolute Gasteiger partial charge is 0.140 e. The first-order valence-electron chi connectivity index (χ1n) is 6.20. The zero-order chi connectivity index (χ0) is 12.0. The summed E-state index contributed by atoms with van der Waals surface area (Å²) in [5, 5.41) is 0. The standard InChI is InChI=1S/C15H22O/c1-5-6-15-8-11(2)7-12(15)9-14(3,4)10-13(15)16/h5,12H,1-2,6-10H2,3-4H3/t12-,15-/m0/s1. The van der Waals surface area contributed by atoms with Crippen LogP contribution in [0.4, 0.5) is 0 Å². The van der Waals surface area contributed by atoms with Gasteiger partial charge in [-0.05, 0) is 37.0 Å². The average molecular weight is 218 g/mol. The molecule has 2 fully saturated rings. The van der Waals surface area contributed by atoms with Crippen molar-refractivity contribution < 1.29 is 4.79 Å². The fraction of sp³-hybridized carbons (Fsp3) is 0.667. The summed E-state index contributed by atoms with van der Waals surface area (Å²) < 4.78 is 0. The molecule has 0 aromatic carbocycles. The van der Waals surface area contributed by atoms with Crippen molar-refractivity contribution in [2.75, 3.05) is 0 Å². The van der Waals surface area contributed by atoms with Crippen LogP contribution in [0, 0.1) is 16.7 Å². The van der Waals surface area contributed by atoms with Crippen molar-refractivity contribution in [3.63, 3.8) is 0 Å². The molecule has 2 saturated carbocycles. The highest BCUT2D eigenvalue weighted by molar-refractivity contribution is 5.87. The quantitative estimate of drug-likeness (QED) is 0.642. The number of rotatable bonds is 2. The molecule has 2 aliphatic carbocycles. The zero-order valence-electron chi connectivity index (χ0n) is 10.5. The van der Waals surface area contributed by atoms with E-state index < -0.39 is 0 Å². The first kappa shape index (κ1) is 11.6. The zero-order valence-corrected chi connectivity index (χ0v) is 10.5. The van der Waals surface area contributed by atoms with Gasteiger partial charge in [0.25, 0.3) is 0 Å². The van der Waals surface area contributed by atoms with Gasteiger partial charge in [0, 0.05) is 11.8 Å². The molecule has 0 aliphatic heterocycles. The minimum Gasteiger partial charge on any atom is -0.299 e. The fourth-order valence-corrected chi connectivity index (χ4v) is 3.76. The largest absolute Gasteiger partial charge is 0.299 e. The highest BCUT2D eigenvalue weighted by atomic mass is 16.1. The van der Waals surface area contributed by atoms with E-state index in [2.05, 4.69) is 27.0 Å². The van der Waals surface area contributed by atoms with Crippen LogP contribution in [0.15, 0.2) is 24.8 Å². The number of carbonyl (C=O) groups is 1. The second kappa shape index (κ2) is 3.58. The molecule has 0 amide bonds. The molecule has 0 aromatic rings. The maximum Gasteiger partial charge on any atom is 0.140 e. The molecular formula is C15H22O. The highest BCUT2D eigenvalue weighted by Gasteiger charge is 2.54. The van der Waals surface area contributed by atoms with E-state index in [9.17, 15) is 4.79 Å².